The molecular weight excluding hydrogens is 450 g/mol. The van der Waals surface area contributed by atoms with Crippen LogP contribution in [-0.4, -0.2) is 62.1 Å². The van der Waals surface area contributed by atoms with Crippen LogP contribution in [0.5, 0.6) is 0 Å². The zero-order valence-corrected chi connectivity index (χ0v) is 24.1. The van der Waals surface area contributed by atoms with Crippen molar-refractivity contribution in [2.75, 3.05) is 25.6 Å². The molecule has 2 N–H and O–H groups in total. The Labute approximate surface area is 200 Å². The normalized spacial score (nSPS) is 22.9. The van der Waals surface area contributed by atoms with Crippen molar-refractivity contribution in [2.45, 2.75) is 90.0 Å². The third kappa shape index (κ3) is 5.34. The maximum absolute atomic E-state index is 6.69. The molecule has 0 bridgehead atoms. The Kier molecular flexibility index (Phi) is 7.19. The predicted molar refractivity (Wildman–Crippen MR) is 138 cm³/mol. The van der Waals surface area contributed by atoms with Gasteiger partial charge in [0.05, 0.1) is 31.7 Å². The van der Waals surface area contributed by atoms with Crippen LogP contribution in [0.2, 0.25) is 36.3 Å². The second-order valence-electron chi connectivity index (χ2n) is 12.3. The van der Waals surface area contributed by atoms with Crippen LogP contribution in [0.25, 0.3) is 11.2 Å². The number of ether oxygens (including phenoxy) is 1. The van der Waals surface area contributed by atoms with E-state index in [1.165, 1.54) is 6.33 Å². The second-order valence-corrected chi connectivity index (χ2v) is 21.9. The first kappa shape index (κ1) is 26.3. The van der Waals surface area contributed by atoms with E-state index in [-0.39, 0.29) is 28.1 Å². The monoisotopic (exact) mass is 493 g/mol. The van der Waals surface area contributed by atoms with Crippen LogP contribution in [-0.2, 0) is 13.6 Å². The summed E-state index contributed by atoms with van der Waals surface area (Å²) in [6.07, 6.45) is 3.25. The summed E-state index contributed by atoms with van der Waals surface area (Å²) in [6.45, 7) is 24.5. The van der Waals surface area contributed by atoms with Crippen LogP contribution in [0.4, 0.5) is 5.82 Å². The van der Waals surface area contributed by atoms with Gasteiger partial charge in [0.15, 0.2) is 28.1 Å². The number of hydrogen-bond acceptors (Lipinski definition) is 7. The molecule has 3 atom stereocenters. The van der Waals surface area contributed by atoms with E-state index in [4.69, 9.17) is 19.3 Å². The maximum Gasteiger partial charge on any atom is 0.192 e. The molecule has 8 nitrogen and oxygen atoms in total. The minimum atomic E-state index is -1.93. The van der Waals surface area contributed by atoms with Crippen molar-refractivity contribution in [3.63, 3.8) is 0 Å². The smallest absolute Gasteiger partial charge is 0.192 e. The van der Waals surface area contributed by atoms with Crippen LogP contribution in [0.1, 0.15) is 47.6 Å². The van der Waals surface area contributed by atoms with Gasteiger partial charge in [-0.05, 0) is 36.3 Å². The van der Waals surface area contributed by atoms with E-state index in [0.29, 0.717) is 31.2 Å². The molecule has 0 aromatic carbocycles. The average molecular weight is 494 g/mol. The van der Waals surface area contributed by atoms with Crippen LogP contribution < -0.4 is 5.73 Å². The predicted octanol–water partition coefficient (Wildman–Crippen LogP) is 5.01. The summed E-state index contributed by atoms with van der Waals surface area (Å²) in [5.74, 6) is 0.516. The Morgan fingerprint density at radius 3 is 2.12 bits per heavy atom. The largest absolute Gasteiger partial charge is 0.416 e. The van der Waals surface area contributed by atoms with Gasteiger partial charge in [0.2, 0.25) is 0 Å². The molecule has 3 heterocycles. The highest BCUT2D eigenvalue weighted by molar-refractivity contribution is 6.74. The van der Waals surface area contributed by atoms with Gasteiger partial charge >= 0.3 is 0 Å². The lowest BCUT2D eigenvalue weighted by Crippen LogP contribution is -2.46. The van der Waals surface area contributed by atoms with Crippen molar-refractivity contribution in [2.24, 2.45) is 5.92 Å². The minimum absolute atomic E-state index is 0.0436. The van der Waals surface area contributed by atoms with Crippen molar-refractivity contribution in [3.8, 4) is 0 Å². The zero-order valence-electron chi connectivity index (χ0n) is 22.1. The average Bonchev–Trinajstić information content (AvgIpc) is 3.27. The fraction of sp³-hybridized carbons (Fsp3) is 0.783. The summed E-state index contributed by atoms with van der Waals surface area (Å²) in [5.41, 5.74) is 7.40. The Morgan fingerprint density at radius 1 is 0.970 bits per heavy atom. The van der Waals surface area contributed by atoms with Crippen LogP contribution >= 0.6 is 0 Å². The number of fused-ring (bicyclic) bond motifs is 1. The Balaban J connectivity index is 1.88. The van der Waals surface area contributed by atoms with Crippen molar-refractivity contribution in [1.82, 2.24) is 19.5 Å². The third-order valence-corrected chi connectivity index (χ3v) is 17.1. The van der Waals surface area contributed by atoms with E-state index in [9.17, 15) is 0 Å². The molecule has 0 aliphatic carbocycles. The first-order chi connectivity index (χ1) is 15.1. The number of rotatable bonds is 7. The summed E-state index contributed by atoms with van der Waals surface area (Å²) in [4.78, 5) is 13.0. The fourth-order valence-corrected chi connectivity index (χ4v) is 5.59. The van der Waals surface area contributed by atoms with Gasteiger partial charge < -0.3 is 23.9 Å². The summed E-state index contributed by atoms with van der Waals surface area (Å²) in [5, 5.41) is 0.283. The van der Waals surface area contributed by atoms with Crippen molar-refractivity contribution in [1.29, 1.82) is 0 Å². The van der Waals surface area contributed by atoms with Gasteiger partial charge in [-0.15, -0.1) is 0 Å². The van der Waals surface area contributed by atoms with E-state index < -0.39 is 16.6 Å². The van der Waals surface area contributed by atoms with Gasteiger partial charge in [-0.1, -0.05) is 41.5 Å². The molecule has 1 saturated heterocycles. The number of nitrogens with zero attached hydrogens (tertiary/aromatic N) is 4. The number of hydrogen-bond donors (Lipinski definition) is 1. The lowest BCUT2D eigenvalue weighted by molar-refractivity contribution is 0.0319. The van der Waals surface area contributed by atoms with Gasteiger partial charge in [0.25, 0.3) is 0 Å². The lowest BCUT2D eigenvalue weighted by atomic mass is 9.98. The molecule has 2 aromatic rings. The molecule has 1 aliphatic rings. The maximum atomic E-state index is 6.69. The van der Waals surface area contributed by atoms with Gasteiger partial charge in [-0.3, -0.25) is 0 Å². The number of aromatic nitrogens is 4. The highest BCUT2D eigenvalue weighted by Gasteiger charge is 2.45. The molecule has 2 aromatic heterocycles. The number of imidazole rings is 1. The highest BCUT2D eigenvalue weighted by Crippen LogP contribution is 2.41. The van der Waals surface area contributed by atoms with E-state index in [1.807, 2.05) is 0 Å². The van der Waals surface area contributed by atoms with Crippen molar-refractivity contribution < 1.29 is 13.6 Å². The molecule has 186 valence electrons. The molecule has 0 spiro atoms. The van der Waals surface area contributed by atoms with E-state index in [2.05, 4.69) is 87.2 Å². The quantitative estimate of drug-likeness (QED) is 0.541. The van der Waals surface area contributed by atoms with E-state index >= 15 is 0 Å². The first-order valence-electron chi connectivity index (χ1n) is 11.9. The fourth-order valence-electron chi connectivity index (χ4n) is 3.53. The van der Waals surface area contributed by atoms with Gasteiger partial charge in [-0.25, -0.2) is 15.0 Å². The molecule has 10 heteroatoms. The van der Waals surface area contributed by atoms with Crippen LogP contribution in [0, 0.1) is 5.92 Å². The lowest BCUT2D eigenvalue weighted by Gasteiger charge is -2.39. The van der Waals surface area contributed by atoms with E-state index in [0.717, 1.165) is 5.65 Å². The second kappa shape index (κ2) is 9.03. The summed E-state index contributed by atoms with van der Waals surface area (Å²) in [6, 6.07) is 0.0436. The molecule has 33 heavy (non-hydrogen) atoms. The number of nitrogens with two attached hydrogens (primary N) is 1. The highest BCUT2D eigenvalue weighted by atomic mass is 28.4. The van der Waals surface area contributed by atoms with Gasteiger partial charge in [0.1, 0.15) is 11.8 Å². The zero-order chi connectivity index (χ0) is 24.8. The molecule has 0 saturated carbocycles. The van der Waals surface area contributed by atoms with Crippen molar-refractivity contribution >= 4 is 33.6 Å². The molecule has 1 fully saturated rings. The Morgan fingerprint density at radius 2 is 1.55 bits per heavy atom. The number of anilines is 1. The summed E-state index contributed by atoms with van der Waals surface area (Å²) in [7, 11) is -3.83. The summed E-state index contributed by atoms with van der Waals surface area (Å²) < 4.78 is 21.7. The van der Waals surface area contributed by atoms with Crippen molar-refractivity contribution in [3.05, 3.63) is 12.7 Å². The Hall–Kier alpha value is -1.34. The summed E-state index contributed by atoms with van der Waals surface area (Å²) >= 11 is 0. The van der Waals surface area contributed by atoms with Gasteiger partial charge in [0, 0.05) is 12.5 Å². The number of nitrogen functional groups attached to an aromatic ring is 1. The standard InChI is InChI=1S/C23H43N5O3Si2/c1-22(2,3)32(7,8)30-11-16-17(28-15-27-19-20(24)25-14-26-21(19)28)12-29-18(16)13-31-33(9,10)23(4,5)6/h14-18H,11-13H2,1-10H3,(H2,24,25,26)/t16-,17-,18+/m0/s1. The molecule has 0 amide bonds. The molecular formula is C23H43N5O3Si2. The molecule has 0 unspecified atom stereocenters. The van der Waals surface area contributed by atoms with E-state index in [1.54, 1.807) is 6.33 Å². The Bertz CT molecular complexity index is 965. The molecule has 3 rings (SSSR count). The first-order valence-corrected chi connectivity index (χ1v) is 17.7. The third-order valence-electron chi connectivity index (χ3n) is 8.05. The van der Waals surface area contributed by atoms with Crippen LogP contribution in [0.3, 0.4) is 0 Å². The SMILES string of the molecule is CC(C)(C)[Si](C)(C)OC[C@@H]1[C@@H](CO[Si](C)(C)C(C)(C)C)OC[C@@H]1n1cnc2c(N)ncnc21. The molecule has 1 aliphatic heterocycles. The minimum Gasteiger partial charge on any atom is -0.416 e. The van der Waals surface area contributed by atoms with Gasteiger partial charge in [-0.2, -0.15) is 0 Å². The molecule has 0 radical (unpaired) electrons. The van der Waals surface area contributed by atoms with Crippen LogP contribution in [0.15, 0.2) is 12.7 Å². The topological polar surface area (TPSA) is 97.3 Å².